The third-order valence-electron chi connectivity index (χ3n) is 1.10. The van der Waals surface area contributed by atoms with Gasteiger partial charge in [-0.05, 0) is 12.1 Å². The van der Waals surface area contributed by atoms with Crippen LogP contribution < -0.4 is 0 Å². The molecule has 0 spiro atoms. The van der Waals surface area contributed by atoms with Crippen LogP contribution in [0.2, 0.25) is 0 Å². The van der Waals surface area contributed by atoms with E-state index in [1.54, 1.807) is 0 Å². The van der Waals surface area contributed by atoms with Crippen molar-refractivity contribution in [3.63, 3.8) is 0 Å². The number of hydrogen-bond acceptors (Lipinski definition) is 5. The zero-order chi connectivity index (χ0) is 9.90. The van der Waals surface area contributed by atoms with Crippen molar-refractivity contribution in [1.82, 2.24) is 4.98 Å². The summed E-state index contributed by atoms with van der Waals surface area (Å²) in [7, 11) is -4.74. The van der Waals surface area contributed by atoms with E-state index in [0.717, 1.165) is 0 Å². The Kier molecular flexibility index (Phi) is 2.59. The Morgan fingerprint density at radius 3 is 2.38 bits per heavy atom. The van der Waals surface area contributed by atoms with Gasteiger partial charge in [0, 0.05) is 12.4 Å². The molecule has 0 saturated heterocycles. The zero-order valence-corrected chi connectivity index (χ0v) is 7.06. The lowest BCUT2D eigenvalue weighted by molar-refractivity contribution is 0.0727. The molecule has 0 atom stereocenters. The van der Waals surface area contributed by atoms with Gasteiger partial charge in [-0.3, -0.25) is 9.54 Å². The molecule has 0 aliphatic heterocycles. The molecule has 13 heavy (non-hydrogen) atoms. The van der Waals surface area contributed by atoms with Crippen molar-refractivity contribution in [2.75, 3.05) is 0 Å². The van der Waals surface area contributed by atoms with Gasteiger partial charge in [-0.25, -0.2) is 4.79 Å². The zero-order valence-electron chi connectivity index (χ0n) is 6.25. The minimum absolute atomic E-state index is 0.00683. The lowest BCUT2D eigenvalue weighted by Crippen LogP contribution is -2.11. The first kappa shape index (κ1) is 9.62. The molecule has 0 radical (unpaired) electrons. The highest BCUT2D eigenvalue weighted by atomic mass is 32.3. The fraction of sp³-hybridized carbons (Fsp3) is 0. The number of rotatable bonds is 2. The van der Waals surface area contributed by atoms with E-state index >= 15 is 0 Å². The van der Waals surface area contributed by atoms with E-state index in [0.29, 0.717) is 0 Å². The van der Waals surface area contributed by atoms with E-state index in [9.17, 15) is 13.2 Å². The Balaban J connectivity index is 2.82. The fourth-order valence-electron chi connectivity index (χ4n) is 0.632. The van der Waals surface area contributed by atoms with Crippen molar-refractivity contribution in [3.8, 4) is 0 Å². The topological polar surface area (TPSA) is 93.6 Å². The highest BCUT2D eigenvalue weighted by Gasteiger charge is 2.14. The van der Waals surface area contributed by atoms with Crippen LogP contribution in [-0.4, -0.2) is 23.9 Å². The van der Waals surface area contributed by atoms with Crippen molar-refractivity contribution in [1.29, 1.82) is 0 Å². The Bertz CT molecular complexity index is 398. The van der Waals surface area contributed by atoms with Crippen LogP contribution in [0, 0.1) is 0 Å². The average Bonchev–Trinajstić information content (AvgIpc) is 2.03. The van der Waals surface area contributed by atoms with Crippen LogP contribution in [0.1, 0.15) is 10.4 Å². The molecule has 0 fully saturated rings. The molecule has 0 aliphatic carbocycles. The third-order valence-corrected chi connectivity index (χ3v) is 1.46. The number of pyridine rings is 1. The van der Waals surface area contributed by atoms with E-state index in [1.807, 2.05) is 0 Å². The molecule has 0 amide bonds. The Morgan fingerprint density at radius 1 is 1.38 bits per heavy atom. The van der Waals surface area contributed by atoms with Crippen LogP contribution >= 0.6 is 0 Å². The Hall–Kier alpha value is -1.47. The van der Waals surface area contributed by atoms with Crippen LogP contribution in [0.5, 0.6) is 0 Å². The molecular weight excluding hydrogens is 198 g/mol. The maximum absolute atomic E-state index is 10.9. The molecule has 1 N–H and O–H groups in total. The van der Waals surface area contributed by atoms with Gasteiger partial charge in [0.2, 0.25) is 0 Å². The first-order valence-corrected chi connectivity index (χ1v) is 4.47. The summed E-state index contributed by atoms with van der Waals surface area (Å²) < 4.78 is 32.1. The Morgan fingerprint density at radius 2 is 1.92 bits per heavy atom. The van der Waals surface area contributed by atoms with Crippen LogP contribution in [0.15, 0.2) is 24.5 Å². The minimum Gasteiger partial charge on any atom is -0.320 e. The van der Waals surface area contributed by atoms with Crippen LogP contribution in [0.3, 0.4) is 0 Å². The summed E-state index contributed by atoms with van der Waals surface area (Å²) in [6.07, 6.45) is 2.58. The third kappa shape index (κ3) is 3.18. The van der Waals surface area contributed by atoms with Crippen molar-refractivity contribution < 1.29 is 21.9 Å². The van der Waals surface area contributed by atoms with Crippen LogP contribution in [0.4, 0.5) is 0 Å². The number of nitrogens with zero attached hydrogens (tertiary/aromatic N) is 1. The predicted octanol–water partition coefficient (Wildman–Crippen LogP) is 0.0412. The van der Waals surface area contributed by atoms with E-state index in [2.05, 4.69) is 9.17 Å². The van der Waals surface area contributed by atoms with Crippen LogP contribution in [0.25, 0.3) is 0 Å². The van der Waals surface area contributed by atoms with Crippen LogP contribution in [-0.2, 0) is 14.6 Å². The second kappa shape index (κ2) is 3.50. The highest BCUT2D eigenvalue weighted by Crippen LogP contribution is 2.01. The van der Waals surface area contributed by atoms with Gasteiger partial charge in [-0.2, -0.15) is 8.42 Å². The van der Waals surface area contributed by atoms with E-state index in [1.165, 1.54) is 24.5 Å². The minimum atomic E-state index is -4.74. The number of carbonyl (C=O) groups excluding carboxylic acids is 1. The lowest BCUT2D eigenvalue weighted by atomic mass is 10.3. The molecule has 0 unspecified atom stereocenters. The van der Waals surface area contributed by atoms with E-state index in [-0.39, 0.29) is 5.56 Å². The van der Waals surface area contributed by atoms with E-state index < -0.39 is 16.4 Å². The highest BCUT2D eigenvalue weighted by molar-refractivity contribution is 7.81. The smallest absolute Gasteiger partial charge is 0.320 e. The molecular formula is C6H5NO5S. The Labute approximate surface area is 74.1 Å². The SMILES string of the molecule is O=C(OS(=O)(=O)O)c1ccncc1. The normalized spacial score (nSPS) is 10.8. The van der Waals surface area contributed by atoms with Gasteiger partial charge in [0.1, 0.15) is 0 Å². The summed E-state index contributed by atoms with van der Waals surface area (Å²) in [5.74, 6) is -1.15. The van der Waals surface area contributed by atoms with Crippen molar-refractivity contribution in [2.24, 2.45) is 0 Å². The molecule has 7 heteroatoms. The summed E-state index contributed by atoms with van der Waals surface area (Å²) in [6.45, 7) is 0. The van der Waals surface area contributed by atoms with Crippen molar-refractivity contribution in [2.45, 2.75) is 0 Å². The second-order valence-corrected chi connectivity index (χ2v) is 3.06. The van der Waals surface area contributed by atoms with Crippen molar-refractivity contribution >= 4 is 16.4 Å². The number of carbonyl (C=O) groups is 1. The maximum Gasteiger partial charge on any atom is 0.449 e. The molecule has 0 aliphatic rings. The molecule has 1 aromatic rings. The summed E-state index contributed by atoms with van der Waals surface area (Å²) in [4.78, 5) is 14.5. The summed E-state index contributed by atoms with van der Waals surface area (Å²) in [6, 6.07) is 2.51. The van der Waals surface area contributed by atoms with E-state index in [4.69, 9.17) is 4.55 Å². The number of hydrogen-bond donors (Lipinski definition) is 1. The van der Waals surface area contributed by atoms with Gasteiger partial charge < -0.3 is 4.18 Å². The van der Waals surface area contributed by atoms with Gasteiger partial charge >= 0.3 is 16.4 Å². The first-order chi connectivity index (χ1) is 5.99. The molecule has 0 saturated carbocycles. The molecule has 0 bridgehead atoms. The molecule has 1 rings (SSSR count). The quantitative estimate of drug-likeness (QED) is 0.682. The predicted molar refractivity (Wildman–Crippen MR) is 41.2 cm³/mol. The fourth-order valence-corrected chi connectivity index (χ4v) is 0.919. The largest absolute Gasteiger partial charge is 0.449 e. The van der Waals surface area contributed by atoms with Gasteiger partial charge in [0.15, 0.2) is 0 Å². The molecule has 6 nitrogen and oxygen atoms in total. The van der Waals surface area contributed by atoms with Gasteiger partial charge in [0.05, 0.1) is 5.56 Å². The van der Waals surface area contributed by atoms with Gasteiger partial charge in [-0.15, -0.1) is 0 Å². The number of aromatic nitrogens is 1. The summed E-state index contributed by atoms with van der Waals surface area (Å²) in [5, 5.41) is 0. The molecule has 0 aromatic carbocycles. The summed E-state index contributed by atoms with van der Waals surface area (Å²) >= 11 is 0. The first-order valence-electron chi connectivity index (χ1n) is 3.10. The maximum atomic E-state index is 10.9. The monoisotopic (exact) mass is 203 g/mol. The van der Waals surface area contributed by atoms with Gasteiger partial charge in [-0.1, -0.05) is 0 Å². The molecule has 70 valence electrons. The second-order valence-electron chi connectivity index (χ2n) is 2.03. The summed E-state index contributed by atoms with van der Waals surface area (Å²) in [5.41, 5.74) is -0.00683. The standard InChI is InChI=1S/C6H5NO5S/c8-6(12-13(9,10)11)5-1-3-7-4-2-5/h1-4H,(H,9,10,11). The average molecular weight is 203 g/mol. The molecule has 1 heterocycles. The lowest BCUT2D eigenvalue weighted by Gasteiger charge is -1.98. The van der Waals surface area contributed by atoms with Gasteiger partial charge in [0.25, 0.3) is 0 Å². The van der Waals surface area contributed by atoms with Crippen molar-refractivity contribution in [3.05, 3.63) is 30.1 Å². The molecule has 1 aromatic heterocycles.